The molecule has 5 heterocycles. The van der Waals surface area contributed by atoms with Crippen LogP contribution in [0.15, 0.2) is 35.3 Å². The maximum absolute atomic E-state index is 15.0. The summed E-state index contributed by atoms with van der Waals surface area (Å²) < 4.78 is 27.9. The Kier molecular flexibility index (Phi) is 4.47. The zero-order valence-corrected chi connectivity index (χ0v) is 19.4. The van der Waals surface area contributed by atoms with Gasteiger partial charge in [0.1, 0.15) is 24.7 Å². The summed E-state index contributed by atoms with van der Waals surface area (Å²) in [4.78, 5) is 20.3. The van der Waals surface area contributed by atoms with E-state index >= 15 is 0 Å². The van der Waals surface area contributed by atoms with Gasteiger partial charge in [0.2, 0.25) is 0 Å². The Morgan fingerprint density at radius 2 is 2.03 bits per heavy atom. The maximum atomic E-state index is 15.0. The molecule has 1 atom stereocenters. The molecule has 0 amide bonds. The fraction of sp³-hybridized carbons (Fsp3) is 0.385. The number of hydrogen-bond acceptors (Lipinski definition) is 6. The van der Waals surface area contributed by atoms with Crippen LogP contribution in [0.4, 0.5) is 4.39 Å². The summed E-state index contributed by atoms with van der Waals surface area (Å²) in [5, 5.41) is 12.1. The molecule has 0 fully saturated rings. The van der Waals surface area contributed by atoms with Gasteiger partial charge >= 0.3 is 0 Å². The highest BCUT2D eigenvalue weighted by Crippen LogP contribution is 2.43. The van der Waals surface area contributed by atoms with Crippen molar-refractivity contribution in [2.24, 2.45) is 0 Å². The molecule has 3 aliphatic heterocycles. The van der Waals surface area contributed by atoms with E-state index in [1.807, 2.05) is 19.1 Å². The molecule has 0 saturated heterocycles. The minimum absolute atomic E-state index is 0.0719. The number of rotatable bonds is 2. The summed E-state index contributed by atoms with van der Waals surface area (Å²) in [6.07, 6.45) is 0.323. The summed E-state index contributed by atoms with van der Waals surface area (Å²) >= 11 is 0. The van der Waals surface area contributed by atoms with Crippen LogP contribution < -0.4 is 10.3 Å². The average Bonchev–Trinajstić information content (AvgIpc) is 3.18. The van der Waals surface area contributed by atoms with Crippen molar-refractivity contribution in [2.75, 3.05) is 6.73 Å². The fourth-order valence-electron chi connectivity index (χ4n) is 5.29. The normalized spacial score (nSPS) is 21.1. The summed E-state index contributed by atoms with van der Waals surface area (Å²) in [6.45, 7) is 11.2. The Morgan fingerprint density at radius 3 is 2.76 bits per heavy atom. The molecule has 176 valence electrons. The van der Waals surface area contributed by atoms with E-state index in [-0.39, 0.29) is 29.7 Å². The van der Waals surface area contributed by atoms with Gasteiger partial charge in [-0.3, -0.25) is 9.69 Å². The number of fused-ring (bicyclic) bond motifs is 7. The highest BCUT2D eigenvalue weighted by Gasteiger charge is 2.41. The number of ether oxygens (including phenoxy) is 2. The van der Waals surface area contributed by atoms with Gasteiger partial charge < -0.3 is 19.1 Å². The Balaban J connectivity index is 1.56. The predicted molar refractivity (Wildman–Crippen MR) is 125 cm³/mol. The fourth-order valence-corrected chi connectivity index (χ4v) is 5.29. The number of aromatic nitrogens is 2. The quantitative estimate of drug-likeness (QED) is 0.488. The first-order valence-corrected chi connectivity index (χ1v) is 11.6. The lowest BCUT2D eigenvalue weighted by atomic mass is 9.84. The van der Waals surface area contributed by atoms with E-state index in [2.05, 4.69) is 25.3 Å². The summed E-state index contributed by atoms with van der Waals surface area (Å²) in [5.41, 5.74) is 2.69. The van der Waals surface area contributed by atoms with E-state index in [1.165, 1.54) is 6.07 Å². The van der Waals surface area contributed by atoms with Gasteiger partial charge in [-0.1, -0.05) is 13.5 Å². The van der Waals surface area contributed by atoms with Gasteiger partial charge in [0, 0.05) is 40.7 Å². The van der Waals surface area contributed by atoms with E-state index in [9.17, 15) is 14.3 Å². The second-order valence-electron chi connectivity index (χ2n) is 9.58. The van der Waals surface area contributed by atoms with Crippen LogP contribution in [0.2, 0.25) is 0 Å². The van der Waals surface area contributed by atoms with Crippen LogP contribution in [0.5, 0.6) is 5.75 Å². The predicted octanol–water partition coefficient (Wildman–Crippen LogP) is 3.77. The van der Waals surface area contributed by atoms with Crippen molar-refractivity contribution in [2.45, 2.75) is 58.5 Å². The lowest BCUT2D eigenvalue weighted by Crippen LogP contribution is -2.38. The molecular formula is C26H26FN3O4. The van der Waals surface area contributed by atoms with E-state index < -0.39 is 11.4 Å². The highest BCUT2D eigenvalue weighted by molar-refractivity contribution is 5.89. The highest BCUT2D eigenvalue weighted by atomic mass is 19.1. The third-order valence-electron chi connectivity index (χ3n) is 7.46. The molecule has 3 aliphatic rings. The summed E-state index contributed by atoms with van der Waals surface area (Å²) in [5.74, 6) is 0.0749. The molecule has 1 N–H and O–H groups in total. The summed E-state index contributed by atoms with van der Waals surface area (Å²) in [6, 6.07) is 5.46. The van der Waals surface area contributed by atoms with Crippen molar-refractivity contribution in [3.05, 3.63) is 69.0 Å². The third kappa shape index (κ3) is 2.75. The largest absolute Gasteiger partial charge is 0.490 e. The second-order valence-corrected chi connectivity index (χ2v) is 9.58. The molecule has 34 heavy (non-hydrogen) atoms. The second kappa shape index (κ2) is 7.13. The molecule has 7 nitrogen and oxygen atoms in total. The first-order chi connectivity index (χ1) is 16.2. The Labute approximate surface area is 196 Å². The lowest BCUT2D eigenvalue weighted by Gasteiger charge is -2.35. The topological polar surface area (TPSA) is 76.8 Å². The molecule has 1 aromatic carbocycles. The molecule has 0 spiro atoms. The molecule has 0 unspecified atom stereocenters. The number of hydrogen-bond donors (Lipinski definition) is 1. The van der Waals surface area contributed by atoms with Crippen LogP contribution in [-0.2, 0) is 30.0 Å². The average molecular weight is 464 g/mol. The van der Waals surface area contributed by atoms with Crippen LogP contribution >= 0.6 is 0 Å². The van der Waals surface area contributed by atoms with Gasteiger partial charge in [0.05, 0.1) is 29.0 Å². The van der Waals surface area contributed by atoms with Crippen LogP contribution in [-0.4, -0.2) is 32.3 Å². The molecule has 6 rings (SSSR count). The van der Waals surface area contributed by atoms with Crippen LogP contribution in [0.25, 0.3) is 22.3 Å². The van der Waals surface area contributed by atoms with E-state index in [4.69, 9.17) is 14.5 Å². The Hall–Kier alpha value is -3.23. The maximum Gasteiger partial charge on any atom is 0.258 e. The van der Waals surface area contributed by atoms with E-state index in [0.717, 1.165) is 16.5 Å². The monoisotopic (exact) mass is 463 g/mol. The van der Waals surface area contributed by atoms with E-state index in [0.29, 0.717) is 54.3 Å². The number of pyridine rings is 2. The first-order valence-electron chi connectivity index (χ1n) is 11.6. The van der Waals surface area contributed by atoms with Crippen molar-refractivity contribution < 1.29 is 19.0 Å². The number of benzene rings is 1. The molecule has 0 saturated carbocycles. The SMILES string of the molecule is C=C1OCc2c(cc3n(c2=O)Cc2cc4c5c(c(F)cc4nc2-3)OCN(C(C)C)C5)[C@@]1(O)CC. The van der Waals surface area contributed by atoms with Gasteiger partial charge in [0.25, 0.3) is 5.56 Å². The van der Waals surface area contributed by atoms with Crippen molar-refractivity contribution in [1.29, 1.82) is 0 Å². The molecule has 0 bridgehead atoms. The Morgan fingerprint density at radius 1 is 1.24 bits per heavy atom. The molecule has 2 aromatic heterocycles. The standard InChI is InChI=1S/C26H26FN3O4/c1-5-26(32)14(4)33-11-18-19(26)7-22-23-15(9-30(22)25(18)31)6-16-17-10-29(13(2)3)12-34-24(17)20(27)8-21(16)28-23/h6-8,13,32H,4-5,9-12H2,1-3H3/t26-/m1/s1. The number of nitrogens with zero attached hydrogens (tertiary/aromatic N) is 3. The third-order valence-corrected chi connectivity index (χ3v) is 7.46. The lowest BCUT2D eigenvalue weighted by molar-refractivity contribution is -0.0172. The smallest absolute Gasteiger partial charge is 0.258 e. The van der Waals surface area contributed by atoms with Gasteiger partial charge in [-0.2, -0.15) is 0 Å². The number of aliphatic hydroxyl groups is 1. The van der Waals surface area contributed by atoms with E-state index in [1.54, 1.807) is 4.57 Å². The molecule has 8 heteroatoms. The van der Waals surface area contributed by atoms with Crippen molar-refractivity contribution in [1.82, 2.24) is 14.5 Å². The van der Waals surface area contributed by atoms with Gasteiger partial charge in [-0.15, -0.1) is 0 Å². The minimum Gasteiger partial charge on any atom is -0.490 e. The summed E-state index contributed by atoms with van der Waals surface area (Å²) in [7, 11) is 0. The first kappa shape index (κ1) is 21.3. The van der Waals surface area contributed by atoms with Gasteiger partial charge in [-0.05, 0) is 32.4 Å². The molecule has 3 aromatic rings. The molecular weight excluding hydrogens is 437 g/mol. The minimum atomic E-state index is -1.44. The molecule has 0 radical (unpaired) electrons. The zero-order chi connectivity index (χ0) is 23.9. The van der Waals surface area contributed by atoms with Crippen LogP contribution in [0.3, 0.4) is 0 Å². The zero-order valence-electron chi connectivity index (χ0n) is 19.4. The van der Waals surface area contributed by atoms with Gasteiger partial charge in [-0.25, -0.2) is 9.37 Å². The van der Waals surface area contributed by atoms with Crippen molar-refractivity contribution in [3.8, 4) is 17.1 Å². The Bertz CT molecular complexity index is 1460. The van der Waals surface area contributed by atoms with Crippen LogP contribution in [0, 0.1) is 5.82 Å². The van der Waals surface area contributed by atoms with Crippen molar-refractivity contribution in [3.63, 3.8) is 0 Å². The molecule has 0 aliphatic carbocycles. The van der Waals surface area contributed by atoms with Crippen molar-refractivity contribution >= 4 is 10.9 Å². The number of halogens is 1. The van der Waals surface area contributed by atoms with Gasteiger partial charge in [0.15, 0.2) is 11.6 Å². The van der Waals surface area contributed by atoms with Crippen LogP contribution in [0.1, 0.15) is 49.4 Å².